The first kappa shape index (κ1) is 16.4. The highest BCUT2D eigenvalue weighted by Crippen LogP contribution is 2.26. The van der Waals surface area contributed by atoms with Gasteiger partial charge in [-0.2, -0.15) is 0 Å². The van der Waals surface area contributed by atoms with Gasteiger partial charge in [0.25, 0.3) is 0 Å². The van der Waals surface area contributed by atoms with E-state index in [4.69, 9.17) is 4.74 Å². The monoisotopic (exact) mass is 276 g/mol. The maximum absolute atomic E-state index is 11.2. The fraction of sp³-hybridized carbons (Fsp3) is 0.529. The highest BCUT2D eigenvalue weighted by molar-refractivity contribution is 5.85. The number of benzene rings is 1. The summed E-state index contributed by atoms with van der Waals surface area (Å²) >= 11 is 0. The van der Waals surface area contributed by atoms with Crippen LogP contribution in [0.5, 0.6) is 5.75 Å². The SMILES string of the molecule is CCCCC(CC)Cc1cc(C=O)c(OC)cc1C=O. The third kappa shape index (κ3) is 4.19. The maximum atomic E-state index is 11.2. The van der Waals surface area contributed by atoms with Crippen molar-refractivity contribution in [3.63, 3.8) is 0 Å². The Morgan fingerprint density at radius 1 is 1.15 bits per heavy atom. The normalized spacial score (nSPS) is 11.9. The molecule has 0 saturated carbocycles. The Balaban J connectivity index is 3.02. The number of unbranched alkanes of at least 4 members (excludes halogenated alkanes) is 1. The second-order valence-electron chi connectivity index (χ2n) is 5.15. The number of ether oxygens (including phenoxy) is 1. The highest BCUT2D eigenvalue weighted by atomic mass is 16.5. The van der Waals surface area contributed by atoms with E-state index in [0.29, 0.717) is 22.8 Å². The van der Waals surface area contributed by atoms with Crippen LogP contribution in [0.25, 0.3) is 0 Å². The van der Waals surface area contributed by atoms with E-state index in [1.807, 2.05) is 0 Å². The molecule has 1 rings (SSSR count). The zero-order chi connectivity index (χ0) is 15.0. The van der Waals surface area contributed by atoms with Gasteiger partial charge in [-0.1, -0.05) is 39.5 Å². The Morgan fingerprint density at radius 2 is 1.85 bits per heavy atom. The minimum atomic E-state index is 0.465. The van der Waals surface area contributed by atoms with Crippen molar-refractivity contribution in [1.29, 1.82) is 0 Å². The van der Waals surface area contributed by atoms with Crippen LogP contribution in [0.2, 0.25) is 0 Å². The minimum absolute atomic E-state index is 0.465. The van der Waals surface area contributed by atoms with Gasteiger partial charge in [-0.05, 0) is 30.0 Å². The lowest BCUT2D eigenvalue weighted by atomic mass is 9.89. The van der Waals surface area contributed by atoms with Gasteiger partial charge in [0.05, 0.1) is 12.7 Å². The van der Waals surface area contributed by atoms with Gasteiger partial charge in [-0.15, -0.1) is 0 Å². The Hall–Kier alpha value is -1.64. The first-order chi connectivity index (χ1) is 9.69. The third-order valence-electron chi connectivity index (χ3n) is 3.80. The first-order valence-electron chi connectivity index (χ1n) is 7.31. The molecule has 0 heterocycles. The average molecular weight is 276 g/mol. The molecule has 0 radical (unpaired) electrons. The molecular weight excluding hydrogens is 252 g/mol. The molecule has 0 N–H and O–H groups in total. The van der Waals surface area contributed by atoms with Gasteiger partial charge < -0.3 is 4.74 Å². The van der Waals surface area contributed by atoms with Crippen LogP contribution < -0.4 is 4.74 Å². The standard InChI is InChI=1S/C17H24O3/c1-4-6-7-13(5-2)8-14-9-16(12-19)17(20-3)10-15(14)11-18/h9-13H,4-8H2,1-3H3. The number of hydrogen-bond donors (Lipinski definition) is 0. The van der Waals surface area contributed by atoms with E-state index in [1.54, 1.807) is 12.1 Å². The molecule has 3 heteroatoms. The number of aldehydes is 2. The van der Waals surface area contributed by atoms with Crippen molar-refractivity contribution in [2.24, 2.45) is 5.92 Å². The quantitative estimate of drug-likeness (QED) is 0.638. The smallest absolute Gasteiger partial charge is 0.153 e. The molecule has 0 aliphatic carbocycles. The van der Waals surface area contributed by atoms with Gasteiger partial charge in [-0.3, -0.25) is 9.59 Å². The largest absolute Gasteiger partial charge is 0.496 e. The van der Waals surface area contributed by atoms with Crippen LogP contribution >= 0.6 is 0 Å². The van der Waals surface area contributed by atoms with Crippen LogP contribution in [0.3, 0.4) is 0 Å². The molecule has 0 aliphatic rings. The van der Waals surface area contributed by atoms with Crippen molar-refractivity contribution in [1.82, 2.24) is 0 Å². The molecular formula is C17H24O3. The van der Waals surface area contributed by atoms with E-state index in [2.05, 4.69) is 13.8 Å². The molecule has 0 aliphatic heterocycles. The van der Waals surface area contributed by atoms with Gasteiger partial charge in [0.15, 0.2) is 6.29 Å². The average Bonchev–Trinajstić information content (AvgIpc) is 2.50. The fourth-order valence-electron chi connectivity index (χ4n) is 2.47. The second kappa shape index (κ2) is 8.51. The van der Waals surface area contributed by atoms with Gasteiger partial charge in [0.1, 0.15) is 12.0 Å². The summed E-state index contributed by atoms with van der Waals surface area (Å²) in [5.74, 6) is 1.02. The van der Waals surface area contributed by atoms with Gasteiger partial charge in [0, 0.05) is 5.56 Å². The predicted octanol–water partition coefficient (Wildman–Crippen LogP) is 4.08. The Bertz CT molecular complexity index is 452. The van der Waals surface area contributed by atoms with E-state index >= 15 is 0 Å². The molecule has 0 saturated heterocycles. The van der Waals surface area contributed by atoms with E-state index in [-0.39, 0.29) is 0 Å². The summed E-state index contributed by atoms with van der Waals surface area (Å²) in [6.45, 7) is 4.35. The van der Waals surface area contributed by atoms with E-state index in [9.17, 15) is 9.59 Å². The van der Waals surface area contributed by atoms with Crippen LogP contribution in [0.1, 0.15) is 65.8 Å². The number of methoxy groups -OCH3 is 1. The molecule has 110 valence electrons. The summed E-state index contributed by atoms with van der Waals surface area (Å²) in [6.07, 6.45) is 7.09. The molecule has 0 spiro atoms. The summed E-state index contributed by atoms with van der Waals surface area (Å²) in [5, 5.41) is 0. The number of carbonyl (C=O) groups excluding carboxylic acids is 2. The molecule has 1 unspecified atom stereocenters. The highest BCUT2D eigenvalue weighted by Gasteiger charge is 2.14. The topological polar surface area (TPSA) is 43.4 Å². The van der Waals surface area contributed by atoms with Crippen LogP contribution in [-0.2, 0) is 6.42 Å². The second-order valence-corrected chi connectivity index (χ2v) is 5.15. The van der Waals surface area contributed by atoms with Gasteiger partial charge in [-0.25, -0.2) is 0 Å². The van der Waals surface area contributed by atoms with Crippen molar-refractivity contribution in [3.8, 4) is 5.75 Å². The lowest BCUT2D eigenvalue weighted by molar-refractivity contribution is 0.110. The summed E-state index contributed by atoms with van der Waals surface area (Å²) in [7, 11) is 1.51. The van der Waals surface area contributed by atoms with E-state index in [0.717, 1.165) is 37.4 Å². The van der Waals surface area contributed by atoms with E-state index in [1.165, 1.54) is 20.0 Å². The predicted molar refractivity (Wildman–Crippen MR) is 80.8 cm³/mol. The molecule has 0 fully saturated rings. The van der Waals surface area contributed by atoms with E-state index < -0.39 is 0 Å². The van der Waals surface area contributed by atoms with Crippen molar-refractivity contribution in [2.45, 2.75) is 46.0 Å². The van der Waals surface area contributed by atoms with Crippen LogP contribution in [0.4, 0.5) is 0 Å². The molecule has 0 amide bonds. The molecule has 0 bridgehead atoms. The zero-order valence-corrected chi connectivity index (χ0v) is 12.6. The lowest BCUT2D eigenvalue weighted by Gasteiger charge is -2.17. The first-order valence-corrected chi connectivity index (χ1v) is 7.31. The number of carbonyl (C=O) groups is 2. The minimum Gasteiger partial charge on any atom is -0.496 e. The number of hydrogen-bond acceptors (Lipinski definition) is 3. The van der Waals surface area contributed by atoms with Crippen LogP contribution in [0.15, 0.2) is 12.1 Å². The summed E-state index contributed by atoms with van der Waals surface area (Å²) in [6, 6.07) is 3.46. The molecule has 3 nitrogen and oxygen atoms in total. The van der Waals surface area contributed by atoms with Crippen molar-refractivity contribution in [3.05, 3.63) is 28.8 Å². The maximum Gasteiger partial charge on any atom is 0.153 e. The number of rotatable bonds is 9. The molecule has 1 aromatic rings. The Morgan fingerprint density at radius 3 is 2.35 bits per heavy atom. The lowest BCUT2D eigenvalue weighted by Crippen LogP contribution is -2.07. The van der Waals surface area contributed by atoms with Gasteiger partial charge in [0.2, 0.25) is 0 Å². The van der Waals surface area contributed by atoms with Crippen molar-refractivity contribution >= 4 is 12.6 Å². The Kier molecular flexibility index (Phi) is 6.99. The van der Waals surface area contributed by atoms with Crippen molar-refractivity contribution in [2.75, 3.05) is 7.11 Å². The Labute approximate surface area is 121 Å². The molecule has 0 aromatic heterocycles. The molecule has 1 aromatic carbocycles. The summed E-state index contributed by atoms with van der Waals surface area (Å²) < 4.78 is 5.14. The zero-order valence-electron chi connectivity index (χ0n) is 12.6. The summed E-state index contributed by atoms with van der Waals surface area (Å²) in [4.78, 5) is 22.3. The van der Waals surface area contributed by atoms with Gasteiger partial charge >= 0.3 is 0 Å². The fourth-order valence-corrected chi connectivity index (χ4v) is 2.47. The van der Waals surface area contributed by atoms with Crippen LogP contribution in [0, 0.1) is 5.92 Å². The third-order valence-corrected chi connectivity index (χ3v) is 3.80. The summed E-state index contributed by atoms with van der Waals surface area (Å²) in [5.41, 5.74) is 2.09. The molecule has 1 atom stereocenters. The molecule has 20 heavy (non-hydrogen) atoms. The van der Waals surface area contributed by atoms with Crippen LogP contribution in [-0.4, -0.2) is 19.7 Å². The van der Waals surface area contributed by atoms with Crippen molar-refractivity contribution < 1.29 is 14.3 Å².